The van der Waals surface area contributed by atoms with E-state index in [-0.39, 0.29) is 17.1 Å². The van der Waals surface area contributed by atoms with Gasteiger partial charge >= 0.3 is 0 Å². The highest BCUT2D eigenvalue weighted by Crippen LogP contribution is 2.54. The topological polar surface area (TPSA) is 85.0 Å². The van der Waals surface area contributed by atoms with Gasteiger partial charge in [0, 0.05) is 24.1 Å². The number of rotatable bonds is 2. The van der Waals surface area contributed by atoms with Crippen molar-refractivity contribution in [2.75, 3.05) is 17.2 Å². The molecule has 27 heavy (non-hydrogen) atoms. The molecule has 1 aromatic carbocycles. The third-order valence-corrected chi connectivity index (χ3v) is 6.22. The summed E-state index contributed by atoms with van der Waals surface area (Å²) in [5.41, 5.74) is 8.65. The van der Waals surface area contributed by atoms with Gasteiger partial charge in [0.2, 0.25) is 5.91 Å². The number of nitrogens with two attached hydrogens (primary N) is 1. The smallest absolute Gasteiger partial charge is 0.228 e. The fourth-order valence-corrected chi connectivity index (χ4v) is 4.12. The zero-order chi connectivity index (χ0) is 18.8. The van der Waals surface area contributed by atoms with Crippen LogP contribution in [0.2, 0.25) is 10.0 Å². The number of hydrogen-bond acceptors (Lipinski definition) is 5. The quantitative estimate of drug-likeness (QED) is 0.700. The predicted octanol–water partition coefficient (Wildman–Crippen LogP) is 4.10. The molecule has 3 heterocycles. The van der Waals surface area contributed by atoms with E-state index < -0.39 is 0 Å². The minimum atomic E-state index is 0.0814. The summed E-state index contributed by atoms with van der Waals surface area (Å²) in [5, 5.41) is 0.859. The Morgan fingerprint density at radius 1 is 1.11 bits per heavy atom. The first-order valence-corrected chi connectivity index (χ1v) is 9.39. The van der Waals surface area contributed by atoms with Crippen molar-refractivity contribution in [2.24, 2.45) is 5.41 Å². The van der Waals surface area contributed by atoms with Gasteiger partial charge in [-0.25, -0.2) is 15.0 Å². The highest BCUT2D eigenvalue weighted by Gasteiger charge is 2.52. The van der Waals surface area contributed by atoms with Gasteiger partial charge in [0.15, 0.2) is 5.82 Å². The maximum absolute atomic E-state index is 12.6. The van der Waals surface area contributed by atoms with Gasteiger partial charge in [-0.15, -0.1) is 0 Å². The Morgan fingerprint density at radius 2 is 1.93 bits per heavy atom. The Bertz CT molecular complexity index is 1110. The molecule has 2 N–H and O–H groups in total. The van der Waals surface area contributed by atoms with Crippen LogP contribution in [0.25, 0.3) is 22.2 Å². The van der Waals surface area contributed by atoms with E-state index in [0.717, 1.165) is 18.4 Å². The molecule has 8 heteroatoms. The highest BCUT2D eigenvalue weighted by molar-refractivity contribution is 6.44. The van der Waals surface area contributed by atoms with E-state index in [2.05, 4.69) is 15.0 Å². The molecule has 3 aromatic rings. The van der Waals surface area contributed by atoms with E-state index >= 15 is 0 Å². The van der Waals surface area contributed by atoms with E-state index in [1.54, 1.807) is 11.0 Å². The summed E-state index contributed by atoms with van der Waals surface area (Å²) in [6.45, 7) is 0.681. The molecular formula is C19H15Cl2N5O. The third kappa shape index (κ3) is 2.63. The largest absolute Gasteiger partial charge is 0.382 e. The number of pyridine rings is 1. The number of halogens is 2. The molecule has 2 aromatic heterocycles. The summed E-state index contributed by atoms with van der Waals surface area (Å²) in [5.74, 6) is 0.885. The number of anilines is 2. The van der Waals surface area contributed by atoms with E-state index in [0.29, 0.717) is 45.4 Å². The molecular weight excluding hydrogens is 385 g/mol. The minimum absolute atomic E-state index is 0.0814. The number of nitrogen functional groups attached to an aromatic ring is 1. The average Bonchev–Trinajstić information content (AvgIpc) is 3.32. The summed E-state index contributed by atoms with van der Waals surface area (Å²) in [4.78, 5) is 27.4. The fourth-order valence-electron chi connectivity index (χ4n) is 3.72. The average molecular weight is 400 g/mol. The molecule has 1 amide bonds. The summed E-state index contributed by atoms with van der Waals surface area (Å²) < 4.78 is 0. The van der Waals surface area contributed by atoms with Crippen molar-refractivity contribution in [3.8, 4) is 11.1 Å². The number of hydrogen-bond donors (Lipinski definition) is 1. The first kappa shape index (κ1) is 16.7. The van der Waals surface area contributed by atoms with Crippen molar-refractivity contribution >= 4 is 51.8 Å². The Balaban J connectivity index is 1.76. The van der Waals surface area contributed by atoms with Crippen LogP contribution >= 0.6 is 23.2 Å². The molecule has 1 saturated carbocycles. The molecule has 5 rings (SSSR count). The fraction of sp³-hybridized carbons (Fsp3) is 0.263. The molecule has 0 bridgehead atoms. The van der Waals surface area contributed by atoms with Crippen LogP contribution in [0, 0.1) is 5.41 Å². The van der Waals surface area contributed by atoms with Gasteiger partial charge in [0.1, 0.15) is 23.2 Å². The van der Waals surface area contributed by atoms with E-state index in [1.807, 2.05) is 18.2 Å². The van der Waals surface area contributed by atoms with Crippen LogP contribution in [0.3, 0.4) is 0 Å². The maximum Gasteiger partial charge on any atom is 0.228 e. The number of nitrogens with zero attached hydrogens (tertiary/aromatic N) is 4. The minimum Gasteiger partial charge on any atom is -0.382 e. The first-order valence-electron chi connectivity index (χ1n) is 8.63. The molecule has 1 aliphatic heterocycles. The molecule has 136 valence electrons. The third-order valence-electron chi connectivity index (χ3n) is 5.40. The molecule has 0 atom stereocenters. The second kappa shape index (κ2) is 5.78. The lowest BCUT2D eigenvalue weighted by atomic mass is 10.0. The van der Waals surface area contributed by atoms with Crippen LogP contribution in [0.5, 0.6) is 0 Å². The van der Waals surface area contributed by atoms with Crippen molar-refractivity contribution in [1.82, 2.24) is 15.0 Å². The Morgan fingerprint density at radius 3 is 2.67 bits per heavy atom. The number of carbonyl (C=O) groups excluding carboxylic acids is 1. The van der Waals surface area contributed by atoms with Crippen LogP contribution in [0.15, 0.2) is 30.6 Å². The zero-order valence-electron chi connectivity index (χ0n) is 14.2. The normalized spacial score (nSPS) is 17.9. The number of benzene rings is 1. The van der Waals surface area contributed by atoms with Gasteiger partial charge in [-0.3, -0.25) is 9.69 Å². The molecule has 0 radical (unpaired) electrons. The van der Waals surface area contributed by atoms with Gasteiger partial charge in [0.25, 0.3) is 0 Å². The Kier molecular flexibility index (Phi) is 3.58. The van der Waals surface area contributed by atoms with Gasteiger partial charge in [-0.1, -0.05) is 35.3 Å². The van der Waals surface area contributed by atoms with Crippen molar-refractivity contribution in [3.63, 3.8) is 0 Å². The molecule has 1 spiro atoms. The molecule has 2 fully saturated rings. The number of amides is 1. The van der Waals surface area contributed by atoms with E-state index in [9.17, 15) is 4.79 Å². The molecule has 0 unspecified atom stereocenters. The molecule has 1 aliphatic carbocycles. The van der Waals surface area contributed by atoms with Crippen molar-refractivity contribution < 1.29 is 4.79 Å². The molecule has 1 saturated heterocycles. The first-order chi connectivity index (χ1) is 13.0. The van der Waals surface area contributed by atoms with Crippen LogP contribution in [0.4, 0.5) is 11.6 Å². The predicted molar refractivity (Wildman–Crippen MR) is 106 cm³/mol. The Labute approximate surface area is 165 Å². The van der Waals surface area contributed by atoms with Crippen LogP contribution < -0.4 is 10.6 Å². The standard InChI is InChI=1S/C19H15Cl2N5O/c20-12-3-1-2-10(15(12)21)11-6-13(25-17-16(11)23-9-24-18(17)22)26-8-19(4-5-19)7-14(26)27/h1-3,6,9H,4-5,7-8H2,(H2,22,23,24). The van der Waals surface area contributed by atoms with Gasteiger partial charge in [-0.05, 0) is 30.4 Å². The summed E-state index contributed by atoms with van der Waals surface area (Å²) in [6.07, 6.45) is 4.13. The van der Waals surface area contributed by atoms with Crippen molar-refractivity contribution in [1.29, 1.82) is 0 Å². The second-order valence-corrected chi connectivity index (χ2v) is 8.03. The molecule has 6 nitrogen and oxygen atoms in total. The second-order valence-electron chi connectivity index (χ2n) is 7.24. The number of carbonyl (C=O) groups is 1. The van der Waals surface area contributed by atoms with Crippen LogP contribution in [-0.2, 0) is 4.79 Å². The summed E-state index contributed by atoms with van der Waals surface area (Å²) in [6, 6.07) is 7.24. The lowest BCUT2D eigenvalue weighted by Gasteiger charge is -2.18. The summed E-state index contributed by atoms with van der Waals surface area (Å²) in [7, 11) is 0. The van der Waals surface area contributed by atoms with Crippen molar-refractivity contribution in [3.05, 3.63) is 40.6 Å². The lowest BCUT2D eigenvalue weighted by molar-refractivity contribution is -0.117. The van der Waals surface area contributed by atoms with Gasteiger partial charge < -0.3 is 5.73 Å². The van der Waals surface area contributed by atoms with E-state index in [1.165, 1.54) is 6.33 Å². The summed E-state index contributed by atoms with van der Waals surface area (Å²) >= 11 is 12.7. The van der Waals surface area contributed by atoms with Crippen LogP contribution in [0.1, 0.15) is 19.3 Å². The lowest BCUT2D eigenvalue weighted by Crippen LogP contribution is -2.26. The van der Waals surface area contributed by atoms with Gasteiger partial charge in [-0.2, -0.15) is 0 Å². The van der Waals surface area contributed by atoms with E-state index in [4.69, 9.17) is 28.9 Å². The van der Waals surface area contributed by atoms with Crippen LogP contribution in [-0.4, -0.2) is 27.4 Å². The molecule has 2 aliphatic rings. The maximum atomic E-state index is 12.6. The Hall–Kier alpha value is -2.44. The number of aromatic nitrogens is 3. The van der Waals surface area contributed by atoms with Crippen molar-refractivity contribution in [2.45, 2.75) is 19.3 Å². The highest BCUT2D eigenvalue weighted by atomic mass is 35.5. The SMILES string of the molecule is Nc1ncnc2c(-c3cccc(Cl)c3Cl)cc(N3CC4(CC4)CC3=O)nc12. The zero-order valence-corrected chi connectivity index (χ0v) is 15.8. The monoisotopic (exact) mass is 399 g/mol. The van der Waals surface area contributed by atoms with Gasteiger partial charge in [0.05, 0.1) is 10.0 Å². The number of fused-ring (bicyclic) bond motifs is 1.